The number of carbonyl (C=O) groups is 1. The summed E-state index contributed by atoms with van der Waals surface area (Å²) in [5.41, 5.74) is 7.62. The van der Waals surface area contributed by atoms with Gasteiger partial charge in [-0.05, 0) is 19.1 Å². The van der Waals surface area contributed by atoms with Crippen LogP contribution in [0.5, 0.6) is 0 Å². The summed E-state index contributed by atoms with van der Waals surface area (Å²) in [6.45, 7) is 2.00. The van der Waals surface area contributed by atoms with E-state index < -0.39 is 0 Å². The molecule has 0 bridgehead atoms. The zero-order valence-corrected chi connectivity index (χ0v) is 9.42. The standard InChI is InChI=1S/C11H13N5O/c1-8-4-10(2-3-13-8)15-11(17)7-16-6-9(12)5-14-16/h2-6H,7,12H2,1H3,(H,13,15,17). The van der Waals surface area contributed by atoms with Crippen molar-refractivity contribution in [3.8, 4) is 0 Å². The Balaban J connectivity index is 1.98. The van der Waals surface area contributed by atoms with E-state index in [1.165, 1.54) is 10.9 Å². The first-order valence-corrected chi connectivity index (χ1v) is 5.14. The van der Waals surface area contributed by atoms with E-state index in [9.17, 15) is 4.79 Å². The Labute approximate surface area is 98.5 Å². The zero-order valence-electron chi connectivity index (χ0n) is 9.42. The van der Waals surface area contributed by atoms with Crippen molar-refractivity contribution in [2.24, 2.45) is 0 Å². The molecule has 6 heteroatoms. The lowest BCUT2D eigenvalue weighted by atomic mass is 10.3. The van der Waals surface area contributed by atoms with Crippen LogP contribution in [-0.4, -0.2) is 20.7 Å². The van der Waals surface area contributed by atoms with Crippen LogP contribution in [0.2, 0.25) is 0 Å². The fraction of sp³-hybridized carbons (Fsp3) is 0.182. The van der Waals surface area contributed by atoms with Crippen molar-refractivity contribution in [2.75, 3.05) is 11.1 Å². The van der Waals surface area contributed by atoms with Gasteiger partial charge in [0.1, 0.15) is 6.54 Å². The molecule has 0 spiro atoms. The molecule has 2 aromatic heterocycles. The highest BCUT2D eigenvalue weighted by Gasteiger charge is 2.04. The van der Waals surface area contributed by atoms with Crippen LogP contribution in [0.1, 0.15) is 5.69 Å². The Bertz CT molecular complexity index is 534. The second-order valence-corrected chi connectivity index (χ2v) is 3.71. The molecule has 0 aliphatic heterocycles. The van der Waals surface area contributed by atoms with Gasteiger partial charge in [-0.15, -0.1) is 0 Å². The number of pyridine rings is 1. The normalized spacial score (nSPS) is 10.2. The average Bonchev–Trinajstić information content (AvgIpc) is 2.63. The van der Waals surface area contributed by atoms with E-state index in [0.717, 1.165) is 11.4 Å². The summed E-state index contributed by atoms with van der Waals surface area (Å²) in [6, 6.07) is 3.54. The van der Waals surface area contributed by atoms with Crippen LogP contribution in [0.3, 0.4) is 0 Å². The monoisotopic (exact) mass is 231 g/mol. The SMILES string of the molecule is Cc1cc(NC(=O)Cn2cc(N)cn2)ccn1. The van der Waals surface area contributed by atoms with Crippen molar-refractivity contribution >= 4 is 17.3 Å². The molecule has 1 amide bonds. The number of nitrogens with one attached hydrogen (secondary N) is 1. The predicted molar refractivity (Wildman–Crippen MR) is 64.2 cm³/mol. The highest BCUT2D eigenvalue weighted by molar-refractivity contribution is 5.90. The average molecular weight is 231 g/mol. The largest absolute Gasteiger partial charge is 0.396 e. The molecule has 0 saturated carbocycles. The minimum atomic E-state index is -0.154. The summed E-state index contributed by atoms with van der Waals surface area (Å²) < 4.78 is 1.48. The summed E-state index contributed by atoms with van der Waals surface area (Å²) in [4.78, 5) is 15.7. The Morgan fingerprint density at radius 2 is 2.41 bits per heavy atom. The molecular weight excluding hydrogens is 218 g/mol. The highest BCUT2D eigenvalue weighted by atomic mass is 16.2. The van der Waals surface area contributed by atoms with Gasteiger partial charge in [0.15, 0.2) is 0 Å². The summed E-state index contributed by atoms with van der Waals surface area (Å²) >= 11 is 0. The number of nitrogen functional groups attached to an aromatic ring is 1. The van der Waals surface area contributed by atoms with Crippen LogP contribution < -0.4 is 11.1 Å². The molecule has 3 N–H and O–H groups in total. The van der Waals surface area contributed by atoms with Crippen molar-refractivity contribution in [2.45, 2.75) is 13.5 Å². The van der Waals surface area contributed by atoms with Gasteiger partial charge in [-0.25, -0.2) is 0 Å². The maximum atomic E-state index is 11.7. The van der Waals surface area contributed by atoms with E-state index in [2.05, 4.69) is 15.4 Å². The maximum absolute atomic E-state index is 11.7. The molecule has 0 saturated heterocycles. The van der Waals surface area contributed by atoms with Crippen LogP contribution in [0.15, 0.2) is 30.7 Å². The van der Waals surface area contributed by atoms with Crippen molar-refractivity contribution in [1.29, 1.82) is 0 Å². The molecule has 0 radical (unpaired) electrons. The number of aromatic nitrogens is 3. The second-order valence-electron chi connectivity index (χ2n) is 3.71. The van der Waals surface area contributed by atoms with Crippen molar-refractivity contribution in [3.63, 3.8) is 0 Å². The number of rotatable bonds is 3. The lowest BCUT2D eigenvalue weighted by Crippen LogP contribution is -2.19. The minimum Gasteiger partial charge on any atom is -0.396 e. The summed E-state index contributed by atoms with van der Waals surface area (Å²) in [5.74, 6) is -0.154. The van der Waals surface area contributed by atoms with Gasteiger partial charge in [0.2, 0.25) is 5.91 Å². The molecule has 6 nitrogen and oxygen atoms in total. The van der Waals surface area contributed by atoms with E-state index >= 15 is 0 Å². The molecule has 17 heavy (non-hydrogen) atoms. The van der Waals surface area contributed by atoms with Gasteiger partial charge in [0.05, 0.1) is 11.9 Å². The van der Waals surface area contributed by atoms with E-state index in [4.69, 9.17) is 5.73 Å². The first kappa shape index (κ1) is 11.1. The van der Waals surface area contributed by atoms with Crippen LogP contribution in [0.4, 0.5) is 11.4 Å². The Kier molecular flexibility index (Phi) is 3.04. The number of carbonyl (C=O) groups excluding carboxylic acids is 1. The van der Waals surface area contributed by atoms with Crippen molar-refractivity contribution < 1.29 is 4.79 Å². The summed E-state index contributed by atoms with van der Waals surface area (Å²) in [7, 11) is 0. The van der Waals surface area contributed by atoms with Gasteiger partial charge < -0.3 is 11.1 Å². The van der Waals surface area contributed by atoms with Gasteiger partial charge in [-0.2, -0.15) is 5.10 Å². The molecule has 2 rings (SSSR count). The van der Waals surface area contributed by atoms with Gasteiger partial charge in [0.25, 0.3) is 0 Å². The summed E-state index contributed by atoms with van der Waals surface area (Å²) in [5, 5.41) is 6.69. The van der Waals surface area contributed by atoms with Crippen LogP contribution in [-0.2, 0) is 11.3 Å². The molecule has 0 aromatic carbocycles. The zero-order chi connectivity index (χ0) is 12.3. The van der Waals surface area contributed by atoms with Crippen molar-refractivity contribution in [1.82, 2.24) is 14.8 Å². The Morgan fingerprint density at radius 3 is 3.06 bits per heavy atom. The summed E-state index contributed by atoms with van der Waals surface area (Å²) in [6.07, 6.45) is 4.76. The number of aryl methyl sites for hydroxylation is 1. The third-order valence-electron chi connectivity index (χ3n) is 2.14. The first-order valence-electron chi connectivity index (χ1n) is 5.14. The molecule has 0 fully saturated rings. The van der Waals surface area contributed by atoms with E-state index in [1.54, 1.807) is 24.5 Å². The maximum Gasteiger partial charge on any atom is 0.246 e. The van der Waals surface area contributed by atoms with E-state index in [0.29, 0.717) is 5.69 Å². The Morgan fingerprint density at radius 1 is 1.59 bits per heavy atom. The molecule has 2 heterocycles. The number of nitrogens with zero attached hydrogens (tertiary/aromatic N) is 3. The fourth-order valence-corrected chi connectivity index (χ4v) is 1.44. The molecule has 0 aliphatic carbocycles. The third-order valence-corrected chi connectivity index (χ3v) is 2.14. The van der Waals surface area contributed by atoms with Crippen LogP contribution in [0, 0.1) is 6.92 Å². The Hall–Kier alpha value is -2.37. The van der Waals surface area contributed by atoms with Gasteiger partial charge in [-0.1, -0.05) is 0 Å². The number of nitrogens with two attached hydrogens (primary N) is 1. The quantitative estimate of drug-likeness (QED) is 0.818. The van der Waals surface area contributed by atoms with E-state index in [-0.39, 0.29) is 12.5 Å². The van der Waals surface area contributed by atoms with Gasteiger partial charge in [0, 0.05) is 23.8 Å². The lowest BCUT2D eigenvalue weighted by Gasteiger charge is -2.05. The molecular formula is C11H13N5O. The second kappa shape index (κ2) is 4.65. The van der Waals surface area contributed by atoms with Gasteiger partial charge >= 0.3 is 0 Å². The van der Waals surface area contributed by atoms with Gasteiger partial charge in [-0.3, -0.25) is 14.5 Å². The number of hydrogen-bond donors (Lipinski definition) is 2. The predicted octanol–water partition coefficient (Wildman–Crippen LogP) is 0.807. The lowest BCUT2D eigenvalue weighted by molar-refractivity contribution is -0.116. The first-order chi connectivity index (χ1) is 8.13. The van der Waals surface area contributed by atoms with Crippen LogP contribution >= 0.6 is 0 Å². The highest BCUT2D eigenvalue weighted by Crippen LogP contribution is 2.07. The van der Waals surface area contributed by atoms with Crippen molar-refractivity contribution in [3.05, 3.63) is 36.4 Å². The minimum absolute atomic E-state index is 0.137. The van der Waals surface area contributed by atoms with Crippen LogP contribution in [0.25, 0.3) is 0 Å². The number of amides is 1. The molecule has 0 aliphatic rings. The third kappa shape index (κ3) is 3.04. The molecule has 88 valence electrons. The fourth-order valence-electron chi connectivity index (χ4n) is 1.44. The molecule has 0 unspecified atom stereocenters. The smallest absolute Gasteiger partial charge is 0.246 e. The number of anilines is 2. The molecule has 2 aromatic rings. The topological polar surface area (TPSA) is 85.8 Å². The van der Waals surface area contributed by atoms with E-state index in [1.807, 2.05) is 6.92 Å². The molecule has 0 atom stereocenters. The number of hydrogen-bond acceptors (Lipinski definition) is 4.